The van der Waals surface area contributed by atoms with Crippen molar-refractivity contribution in [3.05, 3.63) is 29.8 Å². The summed E-state index contributed by atoms with van der Waals surface area (Å²) < 4.78 is 5.12. The number of nitrogens with zero attached hydrogens (tertiary/aromatic N) is 2. The van der Waals surface area contributed by atoms with Gasteiger partial charge in [-0.1, -0.05) is 19.8 Å². The summed E-state index contributed by atoms with van der Waals surface area (Å²) in [6, 6.07) is 7.37. The van der Waals surface area contributed by atoms with E-state index in [9.17, 15) is 4.79 Å². The fourth-order valence-corrected chi connectivity index (χ4v) is 2.68. The van der Waals surface area contributed by atoms with Gasteiger partial charge in [0.25, 0.3) is 5.91 Å². The van der Waals surface area contributed by atoms with Crippen LogP contribution in [0.4, 0.5) is 0 Å². The van der Waals surface area contributed by atoms with Crippen molar-refractivity contribution >= 4 is 5.91 Å². The van der Waals surface area contributed by atoms with E-state index in [0.29, 0.717) is 0 Å². The van der Waals surface area contributed by atoms with Gasteiger partial charge in [-0.2, -0.15) is 0 Å². The third-order valence-corrected chi connectivity index (χ3v) is 4.07. The molecule has 0 aliphatic carbocycles. The van der Waals surface area contributed by atoms with Crippen LogP contribution in [-0.2, 0) is 0 Å². The molecule has 1 amide bonds. The molecular formula is C17H26N2O2. The Hall–Kier alpha value is -1.55. The summed E-state index contributed by atoms with van der Waals surface area (Å²) in [5.74, 6) is 0.915. The fourth-order valence-electron chi connectivity index (χ4n) is 2.68. The summed E-state index contributed by atoms with van der Waals surface area (Å²) in [7, 11) is 1.63. The van der Waals surface area contributed by atoms with E-state index >= 15 is 0 Å². The van der Waals surface area contributed by atoms with Crippen LogP contribution in [0.1, 0.15) is 36.5 Å². The van der Waals surface area contributed by atoms with Crippen molar-refractivity contribution in [3.63, 3.8) is 0 Å². The minimum atomic E-state index is 0.130. The van der Waals surface area contributed by atoms with Crippen molar-refractivity contribution in [1.29, 1.82) is 0 Å². The minimum Gasteiger partial charge on any atom is -0.497 e. The van der Waals surface area contributed by atoms with E-state index < -0.39 is 0 Å². The molecule has 0 spiro atoms. The van der Waals surface area contributed by atoms with Crippen LogP contribution in [0.25, 0.3) is 0 Å². The second-order valence-electron chi connectivity index (χ2n) is 5.57. The lowest BCUT2D eigenvalue weighted by Crippen LogP contribution is -2.48. The molecule has 1 aromatic rings. The molecule has 1 aromatic carbocycles. The van der Waals surface area contributed by atoms with E-state index in [1.165, 1.54) is 25.8 Å². The van der Waals surface area contributed by atoms with E-state index in [1.807, 2.05) is 29.2 Å². The zero-order chi connectivity index (χ0) is 15.1. The predicted octanol–water partition coefficient (Wildman–Crippen LogP) is 2.64. The van der Waals surface area contributed by atoms with Crippen molar-refractivity contribution in [1.82, 2.24) is 9.80 Å². The Morgan fingerprint density at radius 1 is 1.10 bits per heavy atom. The van der Waals surface area contributed by atoms with Crippen molar-refractivity contribution in [2.45, 2.75) is 26.2 Å². The third-order valence-electron chi connectivity index (χ3n) is 4.07. The summed E-state index contributed by atoms with van der Waals surface area (Å²) >= 11 is 0. The SMILES string of the molecule is CCCCCN1CCN(C(=O)c2ccc(OC)cc2)CC1. The van der Waals surface area contributed by atoms with Gasteiger partial charge in [-0.25, -0.2) is 0 Å². The number of methoxy groups -OCH3 is 1. The van der Waals surface area contributed by atoms with E-state index in [-0.39, 0.29) is 5.91 Å². The van der Waals surface area contributed by atoms with Gasteiger partial charge in [0.1, 0.15) is 5.75 Å². The van der Waals surface area contributed by atoms with E-state index in [2.05, 4.69) is 11.8 Å². The largest absolute Gasteiger partial charge is 0.497 e. The molecular weight excluding hydrogens is 264 g/mol. The molecule has 4 nitrogen and oxygen atoms in total. The normalized spacial score (nSPS) is 16.0. The molecule has 0 unspecified atom stereocenters. The first kappa shape index (κ1) is 15.8. The first-order valence-electron chi connectivity index (χ1n) is 7.90. The number of carbonyl (C=O) groups is 1. The maximum absolute atomic E-state index is 12.4. The molecule has 21 heavy (non-hydrogen) atoms. The molecule has 116 valence electrons. The van der Waals surface area contributed by atoms with Gasteiger partial charge in [0.15, 0.2) is 0 Å². The highest BCUT2D eigenvalue weighted by molar-refractivity contribution is 5.94. The number of hydrogen-bond donors (Lipinski definition) is 0. The zero-order valence-electron chi connectivity index (χ0n) is 13.2. The van der Waals surface area contributed by atoms with E-state index in [4.69, 9.17) is 4.74 Å². The fraction of sp³-hybridized carbons (Fsp3) is 0.588. The summed E-state index contributed by atoms with van der Waals surface area (Å²) in [4.78, 5) is 16.9. The van der Waals surface area contributed by atoms with Crippen molar-refractivity contribution in [3.8, 4) is 5.75 Å². The second kappa shape index (κ2) is 8.03. The number of ether oxygens (including phenoxy) is 1. The van der Waals surface area contributed by atoms with E-state index in [1.54, 1.807) is 7.11 Å². The van der Waals surface area contributed by atoms with Crippen molar-refractivity contribution in [2.24, 2.45) is 0 Å². The minimum absolute atomic E-state index is 0.130. The van der Waals surface area contributed by atoms with Crippen LogP contribution < -0.4 is 4.74 Å². The molecule has 1 aliphatic rings. The molecule has 0 bridgehead atoms. The summed E-state index contributed by atoms with van der Waals surface area (Å²) in [5, 5.41) is 0. The topological polar surface area (TPSA) is 32.8 Å². The third kappa shape index (κ3) is 4.46. The molecule has 2 rings (SSSR count). The second-order valence-corrected chi connectivity index (χ2v) is 5.57. The van der Waals surface area contributed by atoms with Gasteiger partial charge >= 0.3 is 0 Å². The predicted molar refractivity (Wildman–Crippen MR) is 84.9 cm³/mol. The van der Waals surface area contributed by atoms with Crippen LogP contribution in [0.2, 0.25) is 0 Å². The number of benzene rings is 1. The maximum Gasteiger partial charge on any atom is 0.253 e. The summed E-state index contributed by atoms with van der Waals surface area (Å²) in [6.45, 7) is 7.04. The lowest BCUT2D eigenvalue weighted by atomic mass is 10.1. The molecule has 0 N–H and O–H groups in total. The standard InChI is InChI=1S/C17H26N2O2/c1-3-4-5-10-18-11-13-19(14-12-18)17(20)15-6-8-16(21-2)9-7-15/h6-9H,3-5,10-14H2,1-2H3. The molecule has 1 saturated heterocycles. The summed E-state index contributed by atoms with van der Waals surface area (Å²) in [6.07, 6.45) is 3.82. The first-order chi connectivity index (χ1) is 10.2. The molecule has 0 atom stereocenters. The van der Waals surface area contributed by atoms with Gasteiger partial charge in [-0.3, -0.25) is 9.69 Å². The zero-order valence-corrected chi connectivity index (χ0v) is 13.2. The van der Waals surface area contributed by atoms with Crippen LogP contribution in [0.5, 0.6) is 5.75 Å². The van der Waals surface area contributed by atoms with Gasteiger partial charge in [-0.15, -0.1) is 0 Å². The number of rotatable bonds is 6. The number of amides is 1. The van der Waals surface area contributed by atoms with Crippen LogP contribution in [0, 0.1) is 0 Å². The smallest absolute Gasteiger partial charge is 0.253 e. The highest BCUT2D eigenvalue weighted by Crippen LogP contribution is 2.14. The summed E-state index contributed by atoms with van der Waals surface area (Å²) in [5.41, 5.74) is 0.746. The molecule has 0 radical (unpaired) electrons. The average molecular weight is 290 g/mol. The van der Waals surface area contributed by atoms with Gasteiger partial charge in [0.05, 0.1) is 7.11 Å². The van der Waals surface area contributed by atoms with Gasteiger partial charge < -0.3 is 9.64 Å². The van der Waals surface area contributed by atoms with Crippen molar-refractivity contribution in [2.75, 3.05) is 39.8 Å². The van der Waals surface area contributed by atoms with Gasteiger partial charge in [0, 0.05) is 31.7 Å². The highest BCUT2D eigenvalue weighted by atomic mass is 16.5. The van der Waals surface area contributed by atoms with Crippen LogP contribution in [0.3, 0.4) is 0 Å². The first-order valence-corrected chi connectivity index (χ1v) is 7.90. The number of piperazine rings is 1. The average Bonchev–Trinajstić information content (AvgIpc) is 2.55. The Morgan fingerprint density at radius 3 is 2.33 bits per heavy atom. The Morgan fingerprint density at radius 2 is 1.76 bits per heavy atom. The monoisotopic (exact) mass is 290 g/mol. The molecule has 0 aromatic heterocycles. The maximum atomic E-state index is 12.4. The number of hydrogen-bond acceptors (Lipinski definition) is 3. The van der Waals surface area contributed by atoms with Crippen LogP contribution in [0.15, 0.2) is 24.3 Å². The Balaban J connectivity index is 1.82. The molecule has 1 fully saturated rings. The van der Waals surface area contributed by atoms with Crippen molar-refractivity contribution < 1.29 is 9.53 Å². The molecule has 1 heterocycles. The number of carbonyl (C=O) groups excluding carboxylic acids is 1. The highest BCUT2D eigenvalue weighted by Gasteiger charge is 2.21. The van der Waals surface area contributed by atoms with Gasteiger partial charge in [-0.05, 0) is 37.2 Å². The van der Waals surface area contributed by atoms with E-state index in [0.717, 1.165) is 37.5 Å². The quantitative estimate of drug-likeness (QED) is 0.755. The lowest BCUT2D eigenvalue weighted by molar-refractivity contribution is 0.0635. The molecule has 4 heteroatoms. The lowest BCUT2D eigenvalue weighted by Gasteiger charge is -2.34. The van der Waals surface area contributed by atoms with Crippen LogP contribution in [-0.4, -0.2) is 55.5 Å². The van der Waals surface area contributed by atoms with Gasteiger partial charge in [0.2, 0.25) is 0 Å². The Labute approximate surface area is 127 Å². The van der Waals surface area contributed by atoms with Crippen LogP contribution >= 0.6 is 0 Å². The molecule has 0 saturated carbocycles. The Bertz CT molecular complexity index is 437. The molecule has 1 aliphatic heterocycles. The Kier molecular flexibility index (Phi) is 6.05. The number of unbranched alkanes of at least 4 members (excludes halogenated alkanes) is 2.